The first kappa shape index (κ1) is 14.3. The van der Waals surface area contributed by atoms with Crippen LogP contribution in [-0.4, -0.2) is 49.5 Å². The van der Waals surface area contributed by atoms with Gasteiger partial charge in [-0.05, 0) is 19.8 Å². The van der Waals surface area contributed by atoms with E-state index < -0.39 is 11.9 Å². The van der Waals surface area contributed by atoms with Gasteiger partial charge in [0.15, 0.2) is 0 Å². The monoisotopic (exact) mass is 268 g/mol. The number of aliphatic carboxylic acids is 1. The highest BCUT2D eigenvalue weighted by Crippen LogP contribution is 2.31. The van der Waals surface area contributed by atoms with E-state index in [4.69, 9.17) is 0 Å². The molecule has 2 aliphatic rings. The van der Waals surface area contributed by atoms with Crippen molar-refractivity contribution in [2.45, 2.75) is 32.6 Å². The van der Waals surface area contributed by atoms with Crippen LogP contribution in [0.4, 0.5) is 0 Å². The topological polar surface area (TPSA) is 64.9 Å². The molecule has 1 amide bonds. The molecule has 2 rings (SSSR count). The van der Waals surface area contributed by atoms with E-state index >= 15 is 0 Å². The molecule has 2 atom stereocenters. The Balaban J connectivity index is 1.96. The van der Waals surface area contributed by atoms with Crippen LogP contribution in [0.25, 0.3) is 0 Å². The average molecular weight is 268 g/mol. The summed E-state index contributed by atoms with van der Waals surface area (Å²) in [6.07, 6.45) is 3.16. The minimum absolute atomic E-state index is 0.0454. The van der Waals surface area contributed by atoms with Gasteiger partial charge in [-0.25, -0.2) is 0 Å². The van der Waals surface area contributed by atoms with Crippen LogP contribution in [0.1, 0.15) is 32.6 Å². The molecule has 1 heterocycles. The van der Waals surface area contributed by atoms with E-state index in [2.05, 4.69) is 6.92 Å². The van der Waals surface area contributed by atoms with Crippen LogP contribution in [0.5, 0.6) is 0 Å². The Kier molecular flexibility index (Phi) is 4.80. The zero-order valence-electron chi connectivity index (χ0n) is 11.7. The van der Waals surface area contributed by atoms with Crippen molar-refractivity contribution in [2.75, 3.05) is 32.7 Å². The van der Waals surface area contributed by atoms with E-state index in [0.717, 1.165) is 45.6 Å². The second-order valence-electron chi connectivity index (χ2n) is 5.75. The summed E-state index contributed by atoms with van der Waals surface area (Å²) in [4.78, 5) is 27.0. The number of carbonyl (C=O) groups excluding carboxylic acids is 2. The number of hydrogen-bond donors (Lipinski definition) is 1. The number of nitrogens with one attached hydrogen (secondary N) is 1. The lowest BCUT2D eigenvalue weighted by Crippen LogP contribution is -3.14. The van der Waals surface area contributed by atoms with E-state index in [1.807, 2.05) is 4.90 Å². The third-order valence-electron chi connectivity index (χ3n) is 4.67. The molecule has 1 aliphatic carbocycles. The van der Waals surface area contributed by atoms with Crippen molar-refractivity contribution in [2.24, 2.45) is 11.8 Å². The summed E-state index contributed by atoms with van der Waals surface area (Å²) in [6, 6.07) is 0. The highest BCUT2D eigenvalue weighted by Gasteiger charge is 2.35. The zero-order valence-corrected chi connectivity index (χ0v) is 11.7. The molecule has 0 bridgehead atoms. The van der Waals surface area contributed by atoms with Gasteiger partial charge in [0.2, 0.25) is 5.91 Å². The Morgan fingerprint density at radius 1 is 1.16 bits per heavy atom. The molecule has 108 valence electrons. The third kappa shape index (κ3) is 3.26. The molecular formula is C14H24N2O3. The summed E-state index contributed by atoms with van der Waals surface area (Å²) >= 11 is 0. The summed E-state index contributed by atoms with van der Waals surface area (Å²) in [5.41, 5.74) is 0. The molecule has 1 N–H and O–H groups in total. The fourth-order valence-electron chi connectivity index (χ4n) is 3.34. The van der Waals surface area contributed by atoms with E-state index in [9.17, 15) is 14.7 Å². The highest BCUT2D eigenvalue weighted by atomic mass is 16.4. The zero-order chi connectivity index (χ0) is 13.8. The first-order valence-corrected chi connectivity index (χ1v) is 7.46. The molecule has 0 unspecified atom stereocenters. The second kappa shape index (κ2) is 6.37. The molecule has 1 saturated carbocycles. The van der Waals surface area contributed by atoms with Gasteiger partial charge in [0.1, 0.15) is 0 Å². The molecule has 5 heteroatoms. The maximum absolute atomic E-state index is 12.5. The molecule has 0 aromatic rings. The molecule has 0 spiro atoms. The minimum atomic E-state index is -1.05. The molecule has 0 radical (unpaired) electrons. The lowest BCUT2D eigenvalue weighted by molar-refractivity contribution is -0.902. The van der Waals surface area contributed by atoms with Crippen LogP contribution in [-0.2, 0) is 9.59 Å². The van der Waals surface area contributed by atoms with Crippen LogP contribution in [0.2, 0.25) is 0 Å². The van der Waals surface area contributed by atoms with Crippen molar-refractivity contribution >= 4 is 11.9 Å². The van der Waals surface area contributed by atoms with Crippen LogP contribution in [0, 0.1) is 11.8 Å². The highest BCUT2D eigenvalue weighted by molar-refractivity contribution is 5.84. The normalized spacial score (nSPS) is 29.2. The molecule has 0 aromatic heterocycles. The van der Waals surface area contributed by atoms with Crippen LogP contribution < -0.4 is 10.0 Å². The van der Waals surface area contributed by atoms with Crippen molar-refractivity contribution in [3.63, 3.8) is 0 Å². The number of hydrogen-bond acceptors (Lipinski definition) is 3. The Morgan fingerprint density at radius 3 is 2.26 bits per heavy atom. The summed E-state index contributed by atoms with van der Waals surface area (Å²) in [6.45, 7) is 6.72. The fraction of sp³-hybridized carbons (Fsp3) is 0.857. The first-order chi connectivity index (χ1) is 9.13. The third-order valence-corrected chi connectivity index (χ3v) is 4.67. The van der Waals surface area contributed by atoms with Crippen molar-refractivity contribution in [1.29, 1.82) is 0 Å². The van der Waals surface area contributed by atoms with Gasteiger partial charge in [-0.1, -0.05) is 12.8 Å². The van der Waals surface area contributed by atoms with Crippen LogP contribution in [0.15, 0.2) is 0 Å². The van der Waals surface area contributed by atoms with Gasteiger partial charge in [0, 0.05) is 17.8 Å². The SMILES string of the molecule is CC[NH+]1CCN(C(=O)[C@@H]2CCCC[C@H]2C(=O)[O-])CC1. The van der Waals surface area contributed by atoms with Crippen LogP contribution in [0.3, 0.4) is 0 Å². The number of piperazine rings is 1. The Labute approximate surface area is 114 Å². The smallest absolute Gasteiger partial charge is 0.226 e. The standard InChI is InChI=1S/C14H24N2O3/c1-2-15-7-9-16(10-8-15)13(17)11-5-3-4-6-12(11)14(18)19/h11-12H,2-10H2,1H3,(H,18,19)/t11-,12-/m1/s1. The lowest BCUT2D eigenvalue weighted by Gasteiger charge is -2.37. The number of quaternary nitrogens is 1. The molecule has 1 aliphatic heterocycles. The summed E-state index contributed by atoms with van der Waals surface area (Å²) in [5.74, 6) is -1.92. The van der Waals surface area contributed by atoms with Gasteiger partial charge in [-0.2, -0.15) is 0 Å². The first-order valence-electron chi connectivity index (χ1n) is 7.46. The maximum atomic E-state index is 12.5. The van der Waals surface area contributed by atoms with Gasteiger partial charge in [-0.3, -0.25) is 4.79 Å². The van der Waals surface area contributed by atoms with Crippen LogP contribution >= 0.6 is 0 Å². The molecule has 1 saturated heterocycles. The minimum Gasteiger partial charge on any atom is -0.550 e. The molecule has 2 fully saturated rings. The number of likely N-dealkylation sites (N-methyl/N-ethyl adjacent to an activating group) is 1. The maximum Gasteiger partial charge on any atom is 0.226 e. The van der Waals surface area contributed by atoms with E-state index in [1.165, 1.54) is 4.90 Å². The number of nitrogens with zero attached hydrogens (tertiary/aromatic N) is 1. The number of carboxylic acids is 1. The number of carbonyl (C=O) groups is 2. The lowest BCUT2D eigenvalue weighted by atomic mass is 9.78. The van der Waals surface area contributed by atoms with Gasteiger partial charge in [-0.15, -0.1) is 0 Å². The predicted molar refractivity (Wildman–Crippen MR) is 68.3 cm³/mol. The van der Waals surface area contributed by atoms with Gasteiger partial charge >= 0.3 is 0 Å². The number of rotatable bonds is 3. The number of amides is 1. The summed E-state index contributed by atoms with van der Waals surface area (Å²) < 4.78 is 0. The van der Waals surface area contributed by atoms with Crippen molar-refractivity contribution in [3.8, 4) is 0 Å². The molecule has 0 aromatic carbocycles. The molecule has 5 nitrogen and oxygen atoms in total. The van der Waals surface area contributed by atoms with Crippen molar-refractivity contribution < 1.29 is 19.6 Å². The van der Waals surface area contributed by atoms with Gasteiger partial charge < -0.3 is 19.7 Å². The fourth-order valence-corrected chi connectivity index (χ4v) is 3.34. The van der Waals surface area contributed by atoms with Gasteiger partial charge in [0.25, 0.3) is 0 Å². The van der Waals surface area contributed by atoms with E-state index in [0.29, 0.717) is 12.8 Å². The van der Waals surface area contributed by atoms with Gasteiger partial charge in [0.05, 0.1) is 32.7 Å². The quantitative estimate of drug-likeness (QED) is 0.663. The Hall–Kier alpha value is -1.10. The molecule has 19 heavy (non-hydrogen) atoms. The van der Waals surface area contributed by atoms with Crippen molar-refractivity contribution in [1.82, 2.24) is 4.90 Å². The predicted octanol–water partition coefficient (Wildman–Crippen LogP) is -1.71. The second-order valence-corrected chi connectivity index (χ2v) is 5.75. The van der Waals surface area contributed by atoms with E-state index in [-0.39, 0.29) is 11.8 Å². The summed E-state index contributed by atoms with van der Waals surface area (Å²) in [5, 5.41) is 11.2. The van der Waals surface area contributed by atoms with Crippen molar-refractivity contribution in [3.05, 3.63) is 0 Å². The average Bonchev–Trinajstić information content (AvgIpc) is 2.46. The van der Waals surface area contributed by atoms with E-state index in [1.54, 1.807) is 0 Å². The Morgan fingerprint density at radius 2 is 1.74 bits per heavy atom. The number of carboxylic acid groups (broad SMARTS) is 1. The summed E-state index contributed by atoms with van der Waals surface area (Å²) in [7, 11) is 0. The molecular weight excluding hydrogens is 244 g/mol. The Bertz CT molecular complexity index is 338. The largest absolute Gasteiger partial charge is 0.550 e.